The lowest BCUT2D eigenvalue weighted by Gasteiger charge is -2.55. The zero-order valence-corrected chi connectivity index (χ0v) is 18.8. The van der Waals surface area contributed by atoms with E-state index in [2.05, 4.69) is 15.5 Å². The summed E-state index contributed by atoms with van der Waals surface area (Å²) < 4.78 is 7.77. The average molecular weight is 439 g/mol. The van der Waals surface area contributed by atoms with E-state index in [0.29, 0.717) is 5.02 Å². The summed E-state index contributed by atoms with van der Waals surface area (Å²) in [5, 5.41) is 0.715. The molecule has 3 saturated heterocycles. The molecule has 0 saturated carbocycles. The van der Waals surface area contributed by atoms with Gasteiger partial charge in [-0.2, -0.15) is 0 Å². The van der Waals surface area contributed by atoms with Gasteiger partial charge in [-0.25, -0.2) is 9.78 Å². The van der Waals surface area contributed by atoms with Crippen molar-refractivity contribution in [2.45, 2.75) is 51.4 Å². The molecule has 3 fully saturated rings. The molecule has 31 heavy (non-hydrogen) atoms. The van der Waals surface area contributed by atoms with E-state index in [-0.39, 0.29) is 18.2 Å². The second-order valence-corrected chi connectivity index (χ2v) is 9.90. The van der Waals surface area contributed by atoms with Crippen LogP contribution in [0.2, 0.25) is 5.02 Å². The van der Waals surface area contributed by atoms with Gasteiger partial charge < -0.3 is 9.14 Å². The van der Waals surface area contributed by atoms with Gasteiger partial charge in [0.25, 0.3) is 0 Å². The molecule has 1 aromatic carbocycles. The first kappa shape index (κ1) is 20.3. The fraction of sp³-hybridized carbons (Fsp3) is 0.417. The number of halogens is 1. The van der Waals surface area contributed by atoms with Crippen LogP contribution in [0.1, 0.15) is 32.9 Å². The third-order valence-electron chi connectivity index (χ3n) is 5.99. The van der Waals surface area contributed by atoms with Gasteiger partial charge in [0.2, 0.25) is 0 Å². The van der Waals surface area contributed by atoms with Crippen molar-refractivity contribution in [2.75, 3.05) is 13.1 Å². The number of carbonyl (C=O) groups excluding carboxylic acids is 1. The molecule has 3 aromatic rings. The number of hydrogen-bond acceptors (Lipinski definition) is 4. The predicted octanol–water partition coefficient (Wildman–Crippen LogP) is 4.85. The summed E-state index contributed by atoms with van der Waals surface area (Å²) in [6.45, 7) is 8.20. The number of pyridine rings is 1. The van der Waals surface area contributed by atoms with Gasteiger partial charge in [-0.15, -0.1) is 0 Å². The molecule has 3 aliphatic rings. The zero-order chi connectivity index (χ0) is 21.8. The van der Waals surface area contributed by atoms with Crippen molar-refractivity contribution in [3.8, 4) is 11.3 Å². The van der Waals surface area contributed by atoms with Crippen molar-refractivity contribution in [1.82, 2.24) is 19.2 Å². The Kier molecular flexibility index (Phi) is 4.94. The van der Waals surface area contributed by atoms with Crippen LogP contribution in [0.5, 0.6) is 0 Å². The molecule has 7 heteroatoms. The number of piperazine rings is 1. The second kappa shape index (κ2) is 7.53. The lowest BCUT2D eigenvalue weighted by atomic mass is 9.88. The van der Waals surface area contributed by atoms with E-state index in [1.807, 2.05) is 68.1 Å². The van der Waals surface area contributed by atoms with E-state index in [4.69, 9.17) is 21.3 Å². The predicted molar refractivity (Wildman–Crippen MR) is 121 cm³/mol. The molecule has 6 rings (SSSR count). The fourth-order valence-electron chi connectivity index (χ4n) is 4.69. The molecule has 0 aliphatic carbocycles. The van der Waals surface area contributed by atoms with Crippen molar-refractivity contribution >= 4 is 23.3 Å². The van der Waals surface area contributed by atoms with Gasteiger partial charge in [-0.3, -0.25) is 9.80 Å². The largest absolute Gasteiger partial charge is 0.444 e. The number of carbonyl (C=O) groups is 1. The Morgan fingerprint density at radius 2 is 1.84 bits per heavy atom. The summed E-state index contributed by atoms with van der Waals surface area (Å²) in [6.07, 6.45) is 2.92. The van der Waals surface area contributed by atoms with Crippen molar-refractivity contribution < 1.29 is 9.53 Å². The maximum atomic E-state index is 12.6. The van der Waals surface area contributed by atoms with Gasteiger partial charge in [0, 0.05) is 36.4 Å². The number of piperidine rings is 1. The molecular formula is C24H27ClN4O2. The molecule has 2 atom stereocenters. The Bertz CT molecular complexity index is 1110. The van der Waals surface area contributed by atoms with E-state index in [0.717, 1.165) is 48.7 Å². The van der Waals surface area contributed by atoms with E-state index in [9.17, 15) is 4.79 Å². The molecule has 2 aromatic heterocycles. The van der Waals surface area contributed by atoms with E-state index in [1.54, 1.807) is 0 Å². The summed E-state index contributed by atoms with van der Waals surface area (Å²) in [5.74, 6) is 0. The molecule has 3 aliphatic heterocycles. The number of benzene rings is 1. The highest BCUT2D eigenvalue weighted by Gasteiger charge is 2.48. The third kappa shape index (κ3) is 3.90. The number of imidazole rings is 1. The molecular weight excluding hydrogens is 412 g/mol. The van der Waals surface area contributed by atoms with Crippen molar-refractivity contribution in [3.63, 3.8) is 0 Å². The monoisotopic (exact) mass is 438 g/mol. The van der Waals surface area contributed by atoms with Gasteiger partial charge in [-0.05, 0) is 51.5 Å². The maximum absolute atomic E-state index is 12.6. The number of ether oxygens (including phenoxy) is 1. The molecule has 6 nitrogen and oxygen atoms in total. The molecule has 1 amide bonds. The Morgan fingerprint density at radius 3 is 2.52 bits per heavy atom. The minimum atomic E-state index is -0.468. The molecule has 2 bridgehead atoms. The number of amides is 1. The number of fused-ring (bicyclic) bond motifs is 3. The maximum Gasteiger partial charge on any atom is 0.410 e. The first-order valence-corrected chi connectivity index (χ1v) is 11.1. The average Bonchev–Trinajstić information content (AvgIpc) is 3.05. The van der Waals surface area contributed by atoms with Gasteiger partial charge in [0.05, 0.1) is 23.5 Å². The lowest BCUT2D eigenvalue weighted by Crippen LogP contribution is -2.70. The summed E-state index contributed by atoms with van der Waals surface area (Å²) >= 11 is 6.10. The first-order valence-electron chi connectivity index (χ1n) is 10.7. The Morgan fingerprint density at radius 1 is 1.13 bits per heavy atom. The van der Waals surface area contributed by atoms with Gasteiger partial charge in [-0.1, -0.05) is 29.8 Å². The van der Waals surface area contributed by atoms with Crippen LogP contribution < -0.4 is 0 Å². The minimum Gasteiger partial charge on any atom is -0.444 e. The number of rotatable bonds is 3. The molecule has 162 valence electrons. The Labute approximate surface area is 187 Å². The third-order valence-corrected chi connectivity index (χ3v) is 6.25. The molecule has 5 heterocycles. The molecule has 0 spiro atoms. The standard InChI is InChI=1S/C24H27ClN4O2/c1-24(2,3)31-23(30)29-18-12-19(29)14-27(13-18)15-20-22(16-7-9-17(25)10-8-16)26-21-6-4-5-11-28(20)21/h4-11,18-19H,12-15H2,1-3H3. The SMILES string of the molecule is CC(C)(C)OC(=O)N1C2CC1CN(Cc1c(-c3ccc(Cl)cc3)nc3ccccn13)C2. The minimum absolute atomic E-state index is 0.190. The van der Waals surface area contributed by atoms with Crippen molar-refractivity contribution in [3.05, 3.63) is 59.4 Å². The quantitative estimate of drug-likeness (QED) is 0.586. The number of aromatic nitrogens is 2. The van der Waals surface area contributed by atoms with Gasteiger partial charge >= 0.3 is 6.09 Å². The number of hydrogen-bond donors (Lipinski definition) is 0. The van der Waals surface area contributed by atoms with E-state index < -0.39 is 5.60 Å². The smallest absolute Gasteiger partial charge is 0.410 e. The normalized spacial score (nSPS) is 21.2. The lowest BCUT2D eigenvalue weighted by molar-refractivity contribution is -0.0784. The Balaban J connectivity index is 1.38. The van der Waals surface area contributed by atoms with Crippen LogP contribution in [0.4, 0.5) is 4.79 Å². The van der Waals surface area contributed by atoms with Crippen LogP contribution in [0.15, 0.2) is 48.7 Å². The Hall–Kier alpha value is -2.57. The van der Waals surface area contributed by atoms with E-state index in [1.165, 1.54) is 0 Å². The van der Waals surface area contributed by atoms with Crippen molar-refractivity contribution in [1.29, 1.82) is 0 Å². The highest BCUT2D eigenvalue weighted by molar-refractivity contribution is 6.30. The zero-order valence-electron chi connectivity index (χ0n) is 18.1. The van der Waals surface area contributed by atoms with E-state index >= 15 is 0 Å². The van der Waals surface area contributed by atoms with Crippen LogP contribution in [0.3, 0.4) is 0 Å². The topological polar surface area (TPSA) is 50.1 Å². The molecule has 2 unspecified atom stereocenters. The van der Waals surface area contributed by atoms with Crippen molar-refractivity contribution in [2.24, 2.45) is 0 Å². The first-order chi connectivity index (χ1) is 14.8. The fourth-order valence-corrected chi connectivity index (χ4v) is 4.81. The van der Waals surface area contributed by atoms with Crippen LogP contribution in [-0.4, -0.2) is 56.1 Å². The summed E-state index contributed by atoms with van der Waals surface area (Å²) in [6, 6.07) is 14.3. The summed E-state index contributed by atoms with van der Waals surface area (Å²) in [7, 11) is 0. The number of nitrogens with zero attached hydrogens (tertiary/aromatic N) is 4. The van der Waals surface area contributed by atoms with Gasteiger partial charge in [0.15, 0.2) is 0 Å². The summed E-state index contributed by atoms with van der Waals surface area (Å²) in [4.78, 5) is 21.8. The van der Waals surface area contributed by atoms with Gasteiger partial charge in [0.1, 0.15) is 11.2 Å². The van der Waals surface area contributed by atoms with Crippen LogP contribution in [-0.2, 0) is 11.3 Å². The highest BCUT2D eigenvalue weighted by Crippen LogP contribution is 2.35. The second-order valence-electron chi connectivity index (χ2n) is 9.47. The molecule has 0 N–H and O–H groups in total. The van der Waals surface area contributed by atoms with Crippen LogP contribution >= 0.6 is 11.6 Å². The molecule has 0 radical (unpaired) electrons. The van der Waals surface area contributed by atoms with Crippen LogP contribution in [0, 0.1) is 0 Å². The summed E-state index contributed by atoms with van der Waals surface area (Å²) in [5.41, 5.74) is 3.65. The van der Waals surface area contributed by atoms with Crippen LogP contribution in [0.25, 0.3) is 16.9 Å². The highest BCUT2D eigenvalue weighted by atomic mass is 35.5.